The second-order valence-corrected chi connectivity index (χ2v) is 8.15. The quantitative estimate of drug-likeness (QED) is 0.285. The van der Waals surface area contributed by atoms with E-state index in [0.29, 0.717) is 34.5 Å². The van der Waals surface area contributed by atoms with E-state index in [0.717, 1.165) is 17.4 Å². The third-order valence-electron chi connectivity index (χ3n) is 4.84. The fraction of sp³-hybridized carbons (Fsp3) is 0.120. The molecule has 1 heterocycles. The summed E-state index contributed by atoms with van der Waals surface area (Å²) >= 11 is 1.11. The first kappa shape index (κ1) is 24.0. The molecule has 0 spiro atoms. The Hall–Kier alpha value is -4.18. The van der Waals surface area contributed by atoms with Crippen molar-refractivity contribution in [3.63, 3.8) is 0 Å². The Morgan fingerprint density at radius 2 is 1.66 bits per heavy atom. The van der Waals surface area contributed by atoms with Gasteiger partial charge in [-0.2, -0.15) is 0 Å². The van der Waals surface area contributed by atoms with E-state index in [2.05, 4.69) is 21.0 Å². The van der Waals surface area contributed by atoms with E-state index >= 15 is 0 Å². The Kier molecular flexibility index (Phi) is 7.74. The van der Waals surface area contributed by atoms with E-state index in [4.69, 9.17) is 4.74 Å². The smallest absolute Gasteiger partial charge is 0.269 e. The fourth-order valence-electron chi connectivity index (χ4n) is 3.22. The van der Waals surface area contributed by atoms with E-state index in [1.54, 1.807) is 47.0 Å². The topological polar surface area (TPSA) is 98.1 Å². The van der Waals surface area contributed by atoms with Crippen molar-refractivity contribution in [1.82, 2.24) is 25.6 Å². The van der Waals surface area contributed by atoms with Crippen LogP contribution in [0.2, 0.25) is 0 Å². The highest BCUT2D eigenvalue weighted by Gasteiger charge is 2.19. The average Bonchev–Trinajstić information content (AvgIpc) is 3.31. The summed E-state index contributed by atoms with van der Waals surface area (Å²) in [6.45, 7) is 2.40. The van der Waals surface area contributed by atoms with E-state index in [-0.39, 0.29) is 5.75 Å². The summed E-state index contributed by atoms with van der Waals surface area (Å²) < 4.78 is 21.5. The number of aromatic nitrogens is 3. The summed E-state index contributed by atoms with van der Waals surface area (Å²) in [6.07, 6.45) is 0. The van der Waals surface area contributed by atoms with Crippen molar-refractivity contribution in [1.29, 1.82) is 0 Å². The molecule has 0 aliphatic carbocycles. The number of hydrogen-bond donors (Lipinski definition) is 2. The van der Waals surface area contributed by atoms with Crippen LogP contribution in [0.15, 0.2) is 84.0 Å². The molecule has 0 saturated heterocycles. The number of carbonyl (C=O) groups is 2. The van der Waals surface area contributed by atoms with Gasteiger partial charge >= 0.3 is 0 Å². The molecule has 0 bridgehead atoms. The van der Waals surface area contributed by atoms with Crippen molar-refractivity contribution in [3.8, 4) is 22.8 Å². The van der Waals surface area contributed by atoms with E-state index in [1.165, 1.54) is 6.07 Å². The van der Waals surface area contributed by atoms with Crippen molar-refractivity contribution in [2.45, 2.75) is 12.1 Å². The molecule has 1 aromatic heterocycles. The molecule has 0 fully saturated rings. The number of ether oxygens (including phenoxy) is 1. The minimum atomic E-state index is -0.458. The Morgan fingerprint density at radius 3 is 2.37 bits per heavy atom. The maximum Gasteiger partial charge on any atom is 0.269 e. The van der Waals surface area contributed by atoms with Crippen LogP contribution in [-0.2, 0) is 4.79 Å². The van der Waals surface area contributed by atoms with Gasteiger partial charge in [0.15, 0.2) is 11.0 Å². The molecular weight excluding hydrogens is 469 g/mol. The van der Waals surface area contributed by atoms with Crippen LogP contribution in [0.4, 0.5) is 4.39 Å². The second kappa shape index (κ2) is 11.3. The first-order valence-electron chi connectivity index (χ1n) is 10.8. The standard InChI is InChI=1S/C25H22FN5O3S/c1-2-34-19-14-12-17(13-15-19)24(33)29-27-22(32)16-35-25-30-28-23(20-10-6-7-11-21(20)26)31(25)18-8-4-3-5-9-18/h3-15H,2,16H2,1H3,(H,27,32)(H,29,33). The lowest BCUT2D eigenvalue weighted by molar-refractivity contribution is -0.119. The van der Waals surface area contributed by atoms with Gasteiger partial charge in [0.1, 0.15) is 11.6 Å². The molecule has 8 nitrogen and oxygen atoms in total. The summed E-state index contributed by atoms with van der Waals surface area (Å²) in [4.78, 5) is 24.7. The molecule has 4 aromatic rings. The highest BCUT2D eigenvalue weighted by atomic mass is 32.2. The van der Waals surface area contributed by atoms with Crippen LogP contribution in [0.1, 0.15) is 17.3 Å². The summed E-state index contributed by atoms with van der Waals surface area (Å²) in [5, 5.41) is 8.76. The molecule has 10 heteroatoms. The molecule has 4 rings (SSSR count). The van der Waals surface area contributed by atoms with Gasteiger partial charge in [-0.15, -0.1) is 10.2 Å². The zero-order valence-electron chi connectivity index (χ0n) is 18.8. The second-order valence-electron chi connectivity index (χ2n) is 7.21. The van der Waals surface area contributed by atoms with Gasteiger partial charge in [-0.3, -0.25) is 25.0 Å². The number of para-hydroxylation sites is 1. The van der Waals surface area contributed by atoms with Gasteiger partial charge in [0, 0.05) is 11.3 Å². The summed E-state index contributed by atoms with van der Waals surface area (Å²) in [5.41, 5.74) is 6.17. The number of hydrogen-bond acceptors (Lipinski definition) is 6. The molecule has 0 aliphatic heterocycles. The van der Waals surface area contributed by atoms with E-state index in [1.807, 2.05) is 37.3 Å². The number of thioether (sulfide) groups is 1. The molecule has 0 radical (unpaired) electrons. The van der Waals surface area contributed by atoms with Crippen molar-refractivity contribution in [2.24, 2.45) is 0 Å². The normalized spacial score (nSPS) is 10.6. The zero-order chi connectivity index (χ0) is 24.6. The van der Waals surface area contributed by atoms with Gasteiger partial charge < -0.3 is 4.74 Å². The van der Waals surface area contributed by atoms with Gasteiger partial charge in [-0.1, -0.05) is 42.1 Å². The molecule has 2 N–H and O–H groups in total. The largest absolute Gasteiger partial charge is 0.494 e. The minimum absolute atomic E-state index is 0.0498. The van der Waals surface area contributed by atoms with Crippen LogP contribution in [-0.4, -0.2) is 38.9 Å². The van der Waals surface area contributed by atoms with Crippen LogP contribution >= 0.6 is 11.8 Å². The Balaban J connectivity index is 1.43. The lowest BCUT2D eigenvalue weighted by Gasteiger charge is -2.11. The van der Waals surface area contributed by atoms with Crippen LogP contribution in [0.25, 0.3) is 17.1 Å². The van der Waals surface area contributed by atoms with E-state index in [9.17, 15) is 14.0 Å². The van der Waals surface area contributed by atoms with Gasteiger partial charge in [0.05, 0.1) is 17.9 Å². The molecule has 0 aliphatic rings. The van der Waals surface area contributed by atoms with Crippen LogP contribution in [0.3, 0.4) is 0 Å². The number of halogens is 1. The number of hydrazine groups is 1. The predicted molar refractivity (Wildman–Crippen MR) is 131 cm³/mol. The predicted octanol–water partition coefficient (Wildman–Crippen LogP) is 4.03. The van der Waals surface area contributed by atoms with Crippen molar-refractivity contribution < 1.29 is 18.7 Å². The lowest BCUT2D eigenvalue weighted by atomic mass is 10.2. The van der Waals surface area contributed by atoms with Crippen molar-refractivity contribution >= 4 is 23.6 Å². The molecule has 35 heavy (non-hydrogen) atoms. The van der Waals surface area contributed by atoms with Gasteiger partial charge in [-0.05, 0) is 55.5 Å². The average molecular weight is 492 g/mol. The van der Waals surface area contributed by atoms with Gasteiger partial charge in [-0.25, -0.2) is 4.39 Å². The monoisotopic (exact) mass is 491 g/mol. The number of amides is 2. The highest BCUT2D eigenvalue weighted by Crippen LogP contribution is 2.29. The first-order chi connectivity index (χ1) is 17.1. The number of benzene rings is 3. The lowest BCUT2D eigenvalue weighted by Crippen LogP contribution is -2.42. The highest BCUT2D eigenvalue weighted by molar-refractivity contribution is 7.99. The molecule has 0 atom stereocenters. The molecule has 0 unspecified atom stereocenters. The fourth-order valence-corrected chi connectivity index (χ4v) is 3.98. The van der Waals surface area contributed by atoms with Crippen molar-refractivity contribution in [3.05, 3.63) is 90.2 Å². The molecular formula is C25H22FN5O3S. The Labute approximate surface area is 205 Å². The number of nitrogens with zero attached hydrogens (tertiary/aromatic N) is 3. The van der Waals surface area contributed by atoms with Crippen LogP contribution in [0, 0.1) is 5.82 Å². The molecule has 3 aromatic carbocycles. The number of nitrogens with one attached hydrogen (secondary N) is 2. The molecule has 2 amide bonds. The van der Waals surface area contributed by atoms with Gasteiger partial charge in [0.25, 0.3) is 5.91 Å². The third kappa shape index (κ3) is 5.85. The molecule has 0 saturated carbocycles. The SMILES string of the molecule is CCOc1ccc(C(=O)NNC(=O)CSc2nnc(-c3ccccc3F)n2-c2ccccc2)cc1. The summed E-state index contributed by atoms with van der Waals surface area (Å²) in [5.74, 6) is -0.401. The maximum absolute atomic E-state index is 14.5. The molecule has 178 valence electrons. The van der Waals surface area contributed by atoms with Gasteiger partial charge in [0.2, 0.25) is 5.91 Å². The Bertz CT molecular complexity index is 1310. The summed E-state index contributed by atoms with van der Waals surface area (Å²) in [6, 6.07) is 22.1. The Morgan fingerprint density at radius 1 is 0.943 bits per heavy atom. The third-order valence-corrected chi connectivity index (χ3v) is 5.77. The zero-order valence-corrected chi connectivity index (χ0v) is 19.6. The summed E-state index contributed by atoms with van der Waals surface area (Å²) in [7, 11) is 0. The first-order valence-corrected chi connectivity index (χ1v) is 11.8. The van der Waals surface area contributed by atoms with E-state index < -0.39 is 17.6 Å². The minimum Gasteiger partial charge on any atom is -0.494 e. The number of rotatable bonds is 8. The van der Waals surface area contributed by atoms with Crippen LogP contribution < -0.4 is 15.6 Å². The number of carbonyl (C=O) groups excluding carboxylic acids is 2. The van der Waals surface area contributed by atoms with Crippen molar-refractivity contribution in [2.75, 3.05) is 12.4 Å². The van der Waals surface area contributed by atoms with Crippen LogP contribution in [0.5, 0.6) is 5.75 Å². The maximum atomic E-state index is 14.5.